The van der Waals surface area contributed by atoms with E-state index in [4.69, 9.17) is 0 Å². The molecule has 1 N–H and O–H groups in total. The number of hydrogen-bond acceptors (Lipinski definition) is 3. The molecule has 1 unspecified atom stereocenters. The molecule has 0 saturated heterocycles. The number of carbonyl (C=O) groups is 2. The van der Waals surface area contributed by atoms with Crippen LogP contribution < -0.4 is 0 Å². The third-order valence-corrected chi connectivity index (χ3v) is 3.12. The summed E-state index contributed by atoms with van der Waals surface area (Å²) in [6, 6.07) is 8.37. The number of carboxylic acids is 1. The van der Waals surface area contributed by atoms with Gasteiger partial charge in [0.1, 0.15) is 0 Å². The molecule has 0 bridgehead atoms. The molecule has 2 aromatic rings. The van der Waals surface area contributed by atoms with Gasteiger partial charge in [0.05, 0.1) is 11.9 Å². The van der Waals surface area contributed by atoms with Crippen molar-refractivity contribution in [3.63, 3.8) is 0 Å². The summed E-state index contributed by atoms with van der Waals surface area (Å²) in [5.41, 5.74) is 1.31. The summed E-state index contributed by atoms with van der Waals surface area (Å²) >= 11 is 0. The highest BCUT2D eigenvalue weighted by atomic mass is 16.4. The minimum Gasteiger partial charge on any atom is -0.479 e. The second-order valence-electron chi connectivity index (χ2n) is 4.64. The van der Waals surface area contributed by atoms with Crippen molar-refractivity contribution in [3.05, 3.63) is 48.3 Å². The molecule has 0 radical (unpaired) electrons. The summed E-state index contributed by atoms with van der Waals surface area (Å²) in [6.45, 7) is 2.28. The molecule has 0 aliphatic heterocycles. The first kappa shape index (κ1) is 14.8. The summed E-state index contributed by atoms with van der Waals surface area (Å²) in [4.78, 5) is 23.9. The van der Waals surface area contributed by atoms with Crippen molar-refractivity contribution < 1.29 is 14.7 Å². The van der Waals surface area contributed by atoms with Crippen molar-refractivity contribution >= 4 is 12.4 Å². The number of benzene rings is 1. The van der Waals surface area contributed by atoms with Gasteiger partial charge >= 0.3 is 5.97 Å². The fourth-order valence-corrected chi connectivity index (χ4v) is 2.18. The highest BCUT2D eigenvalue weighted by Crippen LogP contribution is 2.21. The Bertz CT molecular complexity index is 610. The molecular weight excluding hydrogens is 270 g/mol. The van der Waals surface area contributed by atoms with Gasteiger partial charge in [0.2, 0.25) is 6.41 Å². The van der Waals surface area contributed by atoms with Crippen LogP contribution >= 0.6 is 0 Å². The number of aromatic nitrogens is 2. The Labute approximate surface area is 122 Å². The maximum atomic E-state index is 11.5. The Morgan fingerprint density at radius 1 is 1.43 bits per heavy atom. The van der Waals surface area contributed by atoms with Crippen molar-refractivity contribution in [1.29, 1.82) is 0 Å². The lowest BCUT2D eigenvalue weighted by Gasteiger charge is -2.23. The number of amides is 1. The Kier molecular flexibility index (Phi) is 4.71. The second-order valence-corrected chi connectivity index (χ2v) is 4.64. The minimum atomic E-state index is -1.07. The predicted octanol–water partition coefficient (Wildman–Crippen LogP) is 1.87. The molecule has 0 saturated carbocycles. The second kappa shape index (κ2) is 6.69. The molecule has 1 atom stereocenters. The monoisotopic (exact) mass is 287 g/mol. The number of para-hydroxylation sites is 1. The fraction of sp³-hybridized carbons (Fsp3) is 0.267. The normalized spacial score (nSPS) is 11.9. The molecule has 0 spiro atoms. The van der Waals surface area contributed by atoms with Crippen molar-refractivity contribution in [2.24, 2.45) is 0 Å². The maximum Gasteiger partial charge on any atom is 0.331 e. The molecule has 0 fully saturated rings. The van der Waals surface area contributed by atoms with Crippen molar-refractivity contribution in [2.45, 2.75) is 19.4 Å². The first-order valence-corrected chi connectivity index (χ1v) is 6.71. The third kappa shape index (κ3) is 3.28. The Hall–Kier alpha value is -2.63. The fourth-order valence-electron chi connectivity index (χ4n) is 2.18. The van der Waals surface area contributed by atoms with Gasteiger partial charge in [-0.2, -0.15) is 5.10 Å². The van der Waals surface area contributed by atoms with E-state index in [0.29, 0.717) is 24.9 Å². The van der Waals surface area contributed by atoms with E-state index in [9.17, 15) is 14.7 Å². The van der Waals surface area contributed by atoms with Gasteiger partial charge in [-0.3, -0.25) is 4.79 Å². The van der Waals surface area contributed by atoms with Crippen LogP contribution in [0.3, 0.4) is 0 Å². The maximum absolute atomic E-state index is 11.5. The number of rotatable bonds is 7. The van der Waals surface area contributed by atoms with E-state index in [1.807, 2.05) is 37.3 Å². The molecule has 2 rings (SSSR count). The zero-order valence-electron chi connectivity index (χ0n) is 11.7. The van der Waals surface area contributed by atoms with E-state index in [1.54, 1.807) is 10.9 Å². The van der Waals surface area contributed by atoms with Crippen molar-refractivity contribution in [2.75, 3.05) is 6.54 Å². The lowest BCUT2D eigenvalue weighted by molar-refractivity contribution is -0.146. The highest BCUT2D eigenvalue weighted by molar-refractivity contribution is 5.78. The van der Waals surface area contributed by atoms with E-state index < -0.39 is 12.0 Å². The van der Waals surface area contributed by atoms with Crippen LogP contribution in [0, 0.1) is 0 Å². The molecule has 1 aromatic heterocycles. The Morgan fingerprint density at radius 2 is 2.14 bits per heavy atom. The lowest BCUT2D eigenvalue weighted by Crippen LogP contribution is -2.33. The van der Waals surface area contributed by atoms with Gasteiger partial charge in [-0.25, -0.2) is 9.48 Å². The zero-order valence-corrected chi connectivity index (χ0v) is 11.7. The average Bonchev–Trinajstić information content (AvgIpc) is 2.96. The molecule has 21 heavy (non-hydrogen) atoms. The largest absolute Gasteiger partial charge is 0.479 e. The first-order chi connectivity index (χ1) is 10.2. The Morgan fingerprint density at radius 3 is 2.71 bits per heavy atom. The Balaban J connectivity index is 2.32. The molecule has 6 heteroatoms. The first-order valence-electron chi connectivity index (χ1n) is 6.71. The predicted molar refractivity (Wildman–Crippen MR) is 77.0 cm³/mol. The van der Waals surface area contributed by atoms with Gasteiger partial charge in [0, 0.05) is 18.3 Å². The number of carbonyl (C=O) groups excluding carboxylic acids is 1. The smallest absolute Gasteiger partial charge is 0.331 e. The van der Waals surface area contributed by atoms with Crippen LogP contribution in [0.2, 0.25) is 0 Å². The van der Waals surface area contributed by atoms with Crippen LogP contribution in [-0.2, 0) is 9.59 Å². The number of aliphatic carboxylic acids is 1. The summed E-state index contributed by atoms with van der Waals surface area (Å²) < 4.78 is 1.60. The molecule has 1 aromatic carbocycles. The third-order valence-electron chi connectivity index (χ3n) is 3.12. The molecule has 1 heterocycles. The van der Waals surface area contributed by atoms with Gasteiger partial charge < -0.3 is 10.0 Å². The molecular formula is C15H17N3O3. The SMILES string of the molecule is CCCN(C=O)C(C(=O)O)c1cnn(-c2ccccc2)c1. The van der Waals surface area contributed by atoms with E-state index >= 15 is 0 Å². The highest BCUT2D eigenvalue weighted by Gasteiger charge is 2.27. The summed E-state index contributed by atoms with van der Waals surface area (Å²) in [5, 5.41) is 13.6. The lowest BCUT2D eigenvalue weighted by atomic mass is 10.1. The minimum absolute atomic E-state index is 0.386. The number of hydrogen-bond donors (Lipinski definition) is 1. The van der Waals surface area contributed by atoms with Gasteiger partial charge in [-0.15, -0.1) is 0 Å². The molecule has 0 aliphatic rings. The van der Waals surface area contributed by atoms with Crippen LogP contribution in [0.25, 0.3) is 5.69 Å². The number of carboxylic acid groups (broad SMARTS) is 1. The van der Waals surface area contributed by atoms with Crippen molar-refractivity contribution in [1.82, 2.24) is 14.7 Å². The van der Waals surface area contributed by atoms with E-state index in [1.165, 1.54) is 11.1 Å². The standard InChI is InChI=1S/C15H17N3O3/c1-2-8-17(11-19)14(15(20)21)12-9-16-18(10-12)13-6-4-3-5-7-13/h3-7,9-11,14H,2,8H2,1H3,(H,20,21). The van der Waals surface area contributed by atoms with Gasteiger partial charge in [0.15, 0.2) is 6.04 Å². The van der Waals surface area contributed by atoms with Gasteiger partial charge in [-0.05, 0) is 18.6 Å². The van der Waals surface area contributed by atoms with Crippen molar-refractivity contribution in [3.8, 4) is 5.69 Å². The quantitative estimate of drug-likeness (QED) is 0.789. The van der Waals surface area contributed by atoms with Gasteiger partial charge in [0.25, 0.3) is 0 Å². The molecule has 6 nitrogen and oxygen atoms in total. The summed E-state index contributed by atoms with van der Waals surface area (Å²) in [5.74, 6) is -1.07. The van der Waals surface area contributed by atoms with Crippen LogP contribution in [-0.4, -0.2) is 38.7 Å². The van der Waals surface area contributed by atoms with Gasteiger partial charge in [-0.1, -0.05) is 25.1 Å². The van der Waals surface area contributed by atoms with E-state index in [-0.39, 0.29) is 0 Å². The molecule has 1 amide bonds. The van der Waals surface area contributed by atoms with E-state index in [2.05, 4.69) is 5.10 Å². The van der Waals surface area contributed by atoms with E-state index in [0.717, 1.165) is 5.69 Å². The molecule has 110 valence electrons. The average molecular weight is 287 g/mol. The van der Waals surface area contributed by atoms with Crippen LogP contribution in [0.5, 0.6) is 0 Å². The number of nitrogens with zero attached hydrogens (tertiary/aromatic N) is 3. The topological polar surface area (TPSA) is 75.4 Å². The summed E-state index contributed by atoms with van der Waals surface area (Å²) in [7, 11) is 0. The summed E-state index contributed by atoms with van der Waals surface area (Å²) in [6.07, 6.45) is 4.38. The van der Waals surface area contributed by atoms with Crippen LogP contribution in [0.4, 0.5) is 0 Å². The van der Waals surface area contributed by atoms with Crippen LogP contribution in [0.15, 0.2) is 42.7 Å². The van der Waals surface area contributed by atoms with Crippen LogP contribution in [0.1, 0.15) is 24.9 Å². The molecule has 0 aliphatic carbocycles. The zero-order chi connectivity index (χ0) is 15.2.